The Morgan fingerprint density at radius 1 is 1.19 bits per heavy atom. The number of carbonyl (C=O) groups excluding carboxylic acids is 1. The van der Waals surface area contributed by atoms with E-state index in [9.17, 15) is 18.0 Å². The van der Waals surface area contributed by atoms with E-state index in [-0.39, 0.29) is 11.2 Å². The van der Waals surface area contributed by atoms with Gasteiger partial charge in [-0.2, -0.15) is 18.3 Å². The zero-order valence-corrected chi connectivity index (χ0v) is 15.3. The van der Waals surface area contributed by atoms with Crippen LogP contribution in [0, 0.1) is 11.3 Å². The summed E-state index contributed by atoms with van der Waals surface area (Å²) in [5, 5.41) is 6.88. The smallest absolute Gasteiger partial charge is 0.299 e. The summed E-state index contributed by atoms with van der Waals surface area (Å²) in [7, 11) is 0. The Bertz CT molecular complexity index is 957. The van der Waals surface area contributed by atoms with E-state index in [0.717, 1.165) is 12.1 Å². The lowest BCUT2D eigenvalue weighted by Crippen LogP contribution is -2.50. The third kappa shape index (κ3) is 2.71. The van der Waals surface area contributed by atoms with Crippen molar-refractivity contribution in [2.45, 2.75) is 45.2 Å². The van der Waals surface area contributed by atoms with E-state index in [1.165, 1.54) is 6.07 Å². The van der Waals surface area contributed by atoms with Crippen LogP contribution >= 0.6 is 0 Å². The SMILES string of the molecule is CC1(C)CC(=O)C2C(=Nc3[nH]ncc3C2(C)c2cccc(C(F)(F)F)c2)C1. The van der Waals surface area contributed by atoms with Crippen LogP contribution in [0.25, 0.3) is 0 Å². The number of rotatable bonds is 1. The number of aromatic amines is 1. The van der Waals surface area contributed by atoms with Gasteiger partial charge in [0, 0.05) is 23.1 Å². The average molecular weight is 375 g/mol. The number of nitrogens with one attached hydrogen (secondary N) is 1. The molecule has 0 bridgehead atoms. The number of H-pyrrole nitrogens is 1. The van der Waals surface area contributed by atoms with Gasteiger partial charge >= 0.3 is 6.18 Å². The summed E-state index contributed by atoms with van der Waals surface area (Å²) >= 11 is 0. The van der Waals surface area contributed by atoms with Gasteiger partial charge in [0.25, 0.3) is 0 Å². The van der Waals surface area contributed by atoms with Crippen molar-refractivity contribution in [1.82, 2.24) is 10.2 Å². The van der Waals surface area contributed by atoms with Gasteiger partial charge in [-0.1, -0.05) is 39.0 Å². The molecule has 1 aromatic heterocycles. The second-order valence-electron chi connectivity index (χ2n) is 8.43. The normalized spacial score (nSPS) is 27.0. The zero-order valence-electron chi connectivity index (χ0n) is 15.3. The summed E-state index contributed by atoms with van der Waals surface area (Å²) in [5.41, 5.74) is -0.0756. The highest BCUT2D eigenvalue weighted by Gasteiger charge is 2.53. The van der Waals surface area contributed by atoms with Crippen molar-refractivity contribution in [3.8, 4) is 0 Å². The molecule has 1 fully saturated rings. The van der Waals surface area contributed by atoms with E-state index in [4.69, 9.17) is 0 Å². The monoisotopic (exact) mass is 375 g/mol. The Morgan fingerprint density at radius 2 is 1.93 bits per heavy atom. The number of aliphatic imine (C=N–C) groups is 1. The highest BCUT2D eigenvalue weighted by molar-refractivity contribution is 6.11. The Morgan fingerprint density at radius 3 is 2.63 bits per heavy atom. The maximum Gasteiger partial charge on any atom is 0.416 e. The second kappa shape index (κ2) is 5.53. The lowest BCUT2D eigenvalue weighted by atomic mass is 9.57. The van der Waals surface area contributed by atoms with Crippen molar-refractivity contribution in [2.75, 3.05) is 0 Å². The maximum absolute atomic E-state index is 13.3. The second-order valence-corrected chi connectivity index (χ2v) is 8.43. The van der Waals surface area contributed by atoms with Gasteiger partial charge in [0.15, 0.2) is 5.82 Å². The number of hydrogen-bond acceptors (Lipinski definition) is 3. The molecule has 1 aliphatic heterocycles. The summed E-state index contributed by atoms with van der Waals surface area (Å²) in [5.74, 6) is -0.0532. The highest BCUT2D eigenvalue weighted by Crippen LogP contribution is 2.52. The van der Waals surface area contributed by atoms with Gasteiger partial charge in [0.1, 0.15) is 5.78 Å². The first-order valence-corrected chi connectivity index (χ1v) is 8.84. The molecule has 1 saturated carbocycles. The summed E-state index contributed by atoms with van der Waals surface area (Å²) in [6.45, 7) is 5.84. The van der Waals surface area contributed by atoms with Gasteiger partial charge in [0.05, 0.1) is 17.7 Å². The first-order chi connectivity index (χ1) is 12.5. The molecule has 1 N–H and O–H groups in total. The minimum Gasteiger partial charge on any atom is -0.299 e. The van der Waals surface area contributed by atoms with Gasteiger partial charge in [0.2, 0.25) is 0 Å². The van der Waals surface area contributed by atoms with Crippen LogP contribution in [0.2, 0.25) is 0 Å². The van der Waals surface area contributed by atoms with Gasteiger partial charge in [-0.3, -0.25) is 9.89 Å². The number of aromatic nitrogens is 2. The molecule has 2 aliphatic rings. The summed E-state index contributed by atoms with van der Waals surface area (Å²) < 4.78 is 39.9. The van der Waals surface area contributed by atoms with Crippen molar-refractivity contribution in [3.63, 3.8) is 0 Å². The third-order valence-electron chi connectivity index (χ3n) is 5.77. The van der Waals surface area contributed by atoms with Crippen LogP contribution in [-0.4, -0.2) is 21.7 Å². The molecule has 1 aromatic carbocycles. The fourth-order valence-corrected chi connectivity index (χ4v) is 4.56. The van der Waals surface area contributed by atoms with E-state index in [1.807, 2.05) is 20.8 Å². The van der Waals surface area contributed by atoms with E-state index in [1.54, 1.807) is 12.3 Å². The van der Waals surface area contributed by atoms with E-state index >= 15 is 0 Å². The molecule has 2 aromatic rings. The Kier molecular flexibility index (Phi) is 3.68. The minimum atomic E-state index is -4.45. The molecule has 0 saturated heterocycles. The van der Waals surface area contributed by atoms with Gasteiger partial charge < -0.3 is 0 Å². The van der Waals surface area contributed by atoms with Crippen LogP contribution in [0.15, 0.2) is 35.5 Å². The minimum absolute atomic E-state index is 0.0109. The number of Topliss-reactive ketones (excluding diaryl/α,β-unsaturated/α-hetero) is 1. The zero-order chi connectivity index (χ0) is 19.6. The molecule has 0 amide bonds. The molecule has 0 spiro atoms. The van der Waals surface area contributed by atoms with Crippen molar-refractivity contribution < 1.29 is 18.0 Å². The Balaban J connectivity index is 1.94. The van der Waals surface area contributed by atoms with E-state index < -0.39 is 23.1 Å². The number of nitrogens with zero attached hydrogens (tertiary/aromatic N) is 2. The molecular weight excluding hydrogens is 355 g/mol. The molecule has 2 atom stereocenters. The molecule has 0 radical (unpaired) electrons. The predicted molar refractivity (Wildman–Crippen MR) is 95.1 cm³/mol. The standard InChI is InChI=1S/C20H20F3N3O/c1-18(2)8-14-16(15(27)9-18)19(3,13-10-24-26-17(13)25-14)11-5-4-6-12(7-11)20(21,22)23/h4-7,10,16H,8-9H2,1-3H3,(H,24,26). The molecule has 7 heteroatoms. The van der Waals surface area contributed by atoms with Crippen LogP contribution in [0.1, 0.15) is 50.3 Å². The summed E-state index contributed by atoms with van der Waals surface area (Å²) in [6.07, 6.45) is -1.88. The van der Waals surface area contributed by atoms with Crippen LogP contribution < -0.4 is 0 Å². The van der Waals surface area contributed by atoms with Crippen molar-refractivity contribution >= 4 is 17.3 Å². The van der Waals surface area contributed by atoms with Gasteiger partial charge in [-0.25, -0.2) is 4.99 Å². The lowest BCUT2D eigenvalue weighted by Gasteiger charge is -2.46. The van der Waals surface area contributed by atoms with Crippen LogP contribution in [0.5, 0.6) is 0 Å². The van der Waals surface area contributed by atoms with E-state index in [0.29, 0.717) is 35.5 Å². The van der Waals surface area contributed by atoms with Crippen LogP contribution in [0.4, 0.5) is 19.0 Å². The number of ketones is 1. The van der Waals surface area contributed by atoms with Crippen LogP contribution in [0.3, 0.4) is 0 Å². The number of carbonyl (C=O) groups is 1. The molecule has 2 unspecified atom stereocenters. The largest absolute Gasteiger partial charge is 0.416 e. The van der Waals surface area contributed by atoms with Crippen LogP contribution in [-0.2, 0) is 16.4 Å². The van der Waals surface area contributed by atoms with Crippen molar-refractivity contribution in [1.29, 1.82) is 0 Å². The van der Waals surface area contributed by atoms with Gasteiger partial charge in [-0.05, 0) is 23.5 Å². The fourth-order valence-electron chi connectivity index (χ4n) is 4.56. The Hall–Kier alpha value is -2.44. The molecule has 2 heterocycles. The van der Waals surface area contributed by atoms with Crippen molar-refractivity contribution in [2.24, 2.45) is 16.3 Å². The summed E-state index contributed by atoms with van der Waals surface area (Å²) in [4.78, 5) is 17.7. The quantitative estimate of drug-likeness (QED) is 0.776. The lowest BCUT2D eigenvalue weighted by molar-refractivity contribution is -0.137. The third-order valence-corrected chi connectivity index (χ3v) is 5.77. The number of hydrogen-bond donors (Lipinski definition) is 1. The Labute approximate surface area is 154 Å². The van der Waals surface area contributed by atoms with Crippen molar-refractivity contribution in [3.05, 3.63) is 47.2 Å². The first-order valence-electron chi connectivity index (χ1n) is 8.84. The molecule has 4 rings (SSSR count). The predicted octanol–water partition coefficient (Wildman–Crippen LogP) is 4.83. The molecule has 1 aliphatic carbocycles. The number of halogens is 3. The summed E-state index contributed by atoms with van der Waals surface area (Å²) in [6, 6.07) is 5.24. The average Bonchev–Trinajstić information content (AvgIpc) is 3.01. The van der Waals surface area contributed by atoms with E-state index in [2.05, 4.69) is 15.2 Å². The first kappa shape index (κ1) is 17.9. The molecule has 4 nitrogen and oxygen atoms in total. The topological polar surface area (TPSA) is 58.1 Å². The highest BCUT2D eigenvalue weighted by atomic mass is 19.4. The molecule has 27 heavy (non-hydrogen) atoms. The number of fused-ring (bicyclic) bond motifs is 2. The maximum atomic E-state index is 13.3. The number of benzene rings is 1. The fraction of sp³-hybridized carbons (Fsp3) is 0.450. The van der Waals surface area contributed by atoms with Gasteiger partial charge in [-0.15, -0.1) is 0 Å². The molecule has 142 valence electrons. The number of alkyl halides is 3. The molecular formula is C20H20F3N3O.